The summed E-state index contributed by atoms with van der Waals surface area (Å²) in [4.78, 5) is 5.07. The lowest BCUT2D eigenvalue weighted by Gasteiger charge is -2.37. The van der Waals surface area contributed by atoms with E-state index in [0.717, 1.165) is 33.8 Å². The Morgan fingerprint density at radius 3 is 1.66 bits per heavy atom. The summed E-state index contributed by atoms with van der Waals surface area (Å²) in [6.07, 6.45) is 0. The molecule has 1 aliphatic rings. The second kappa shape index (κ2) is 7.04. The van der Waals surface area contributed by atoms with Crippen molar-refractivity contribution in [3.8, 4) is 0 Å². The monoisotopic (exact) mass is 376 g/mol. The van der Waals surface area contributed by atoms with Crippen molar-refractivity contribution in [2.45, 2.75) is 5.54 Å². The Kier molecular flexibility index (Phi) is 4.23. The maximum atomic E-state index is 11.6. The number of para-hydroxylation sites is 2. The number of nitrogens with zero attached hydrogens (tertiary/aromatic N) is 2. The molecular weight excluding hydrogens is 356 g/mol. The zero-order chi connectivity index (χ0) is 19.7. The maximum absolute atomic E-state index is 11.6. The number of rotatable bonds is 3. The van der Waals surface area contributed by atoms with Gasteiger partial charge in [0.25, 0.3) is 0 Å². The fourth-order valence-electron chi connectivity index (χ4n) is 4.15. The lowest BCUT2D eigenvalue weighted by atomic mass is 9.78. The second-order valence-electron chi connectivity index (χ2n) is 7.07. The van der Waals surface area contributed by atoms with E-state index in [1.54, 1.807) is 0 Å². The van der Waals surface area contributed by atoms with Crippen molar-refractivity contribution in [1.29, 1.82) is 0 Å². The Morgan fingerprint density at radius 1 is 0.586 bits per heavy atom. The maximum Gasteiger partial charge on any atom is 0.159 e. The van der Waals surface area contributed by atoms with Crippen molar-refractivity contribution >= 4 is 17.1 Å². The average molecular weight is 376 g/mol. The van der Waals surface area contributed by atoms with E-state index in [4.69, 9.17) is 4.99 Å². The largest absolute Gasteiger partial charge is 0.287 e. The molecular formula is C26H20N2O. The van der Waals surface area contributed by atoms with Crippen molar-refractivity contribution in [3.63, 3.8) is 0 Å². The lowest BCUT2D eigenvalue weighted by Crippen LogP contribution is -2.47. The summed E-state index contributed by atoms with van der Waals surface area (Å²) < 4.78 is 0. The van der Waals surface area contributed by atoms with Crippen LogP contribution in [0.5, 0.6) is 0 Å². The Morgan fingerprint density at radius 2 is 1.07 bits per heavy atom. The molecule has 29 heavy (non-hydrogen) atoms. The molecule has 5 rings (SSSR count). The quantitative estimate of drug-likeness (QED) is 0.479. The summed E-state index contributed by atoms with van der Waals surface area (Å²) in [5, 5.41) is 13.0. The van der Waals surface area contributed by atoms with E-state index >= 15 is 0 Å². The van der Waals surface area contributed by atoms with Crippen LogP contribution in [-0.4, -0.2) is 10.9 Å². The third-order valence-electron chi connectivity index (χ3n) is 5.43. The Bertz CT molecular complexity index is 1120. The van der Waals surface area contributed by atoms with Gasteiger partial charge in [0.1, 0.15) is 0 Å². The first-order chi connectivity index (χ1) is 14.3. The molecule has 4 aromatic carbocycles. The van der Waals surface area contributed by atoms with Gasteiger partial charge in [-0.3, -0.25) is 5.21 Å². The van der Waals surface area contributed by atoms with Crippen molar-refractivity contribution < 1.29 is 5.21 Å². The van der Waals surface area contributed by atoms with Crippen LogP contribution in [0.2, 0.25) is 0 Å². The molecule has 140 valence electrons. The molecule has 0 spiro atoms. The molecule has 0 amide bonds. The number of hydroxylamine groups is 1. The smallest absolute Gasteiger partial charge is 0.159 e. The Balaban J connectivity index is 1.89. The molecule has 1 heterocycles. The van der Waals surface area contributed by atoms with Gasteiger partial charge in [0.05, 0.1) is 17.1 Å². The topological polar surface area (TPSA) is 35.8 Å². The van der Waals surface area contributed by atoms with Gasteiger partial charge < -0.3 is 0 Å². The number of anilines is 1. The van der Waals surface area contributed by atoms with Gasteiger partial charge in [-0.25, -0.2) is 10.1 Å². The molecule has 0 atom stereocenters. The molecule has 3 nitrogen and oxygen atoms in total. The predicted molar refractivity (Wildman–Crippen MR) is 117 cm³/mol. The van der Waals surface area contributed by atoms with Gasteiger partial charge in [-0.2, -0.15) is 0 Å². The molecule has 1 N–H and O–H groups in total. The molecule has 0 saturated carbocycles. The van der Waals surface area contributed by atoms with Gasteiger partial charge in [-0.15, -0.1) is 0 Å². The van der Waals surface area contributed by atoms with E-state index in [-0.39, 0.29) is 0 Å². The zero-order valence-corrected chi connectivity index (χ0v) is 15.8. The van der Waals surface area contributed by atoms with Crippen LogP contribution in [0, 0.1) is 0 Å². The SMILES string of the molecule is ON1c2ccccc2/C(=N/c2ccccc2)C1(c1ccccc1)c1ccccc1. The van der Waals surface area contributed by atoms with E-state index in [2.05, 4.69) is 0 Å². The zero-order valence-electron chi connectivity index (χ0n) is 15.8. The molecule has 4 aromatic rings. The van der Waals surface area contributed by atoms with Gasteiger partial charge in [-0.1, -0.05) is 97.1 Å². The number of fused-ring (bicyclic) bond motifs is 1. The second-order valence-corrected chi connectivity index (χ2v) is 7.07. The molecule has 0 fully saturated rings. The van der Waals surface area contributed by atoms with Crippen LogP contribution in [0.1, 0.15) is 16.7 Å². The molecule has 0 aliphatic carbocycles. The number of benzene rings is 4. The van der Waals surface area contributed by atoms with Crippen LogP contribution < -0.4 is 5.06 Å². The summed E-state index contributed by atoms with van der Waals surface area (Å²) in [6, 6.07) is 37.9. The lowest BCUT2D eigenvalue weighted by molar-refractivity contribution is 0.213. The minimum atomic E-state index is -0.942. The fraction of sp³-hybridized carbons (Fsp3) is 0.0385. The molecule has 0 bridgehead atoms. The van der Waals surface area contributed by atoms with Crippen LogP contribution >= 0.6 is 0 Å². The summed E-state index contributed by atoms with van der Waals surface area (Å²) in [5.41, 5.74) is 4.30. The van der Waals surface area contributed by atoms with Crippen LogP contribution in [0.3, 0.4) is 0 Å². The van der Waals surface area contributed by atoms with Gasteiger partial charge in [0.15, 0.2) is 5.54 Å². The van der Waals surface area contributed by atoms with Gasteiger partial charge in [-0.05, 0) is 29.3 Å². The molecule has 0 unspecified atom stereocenters. The number of aliphatic imine (C=N–C) groups is 1. The highest BCUT2D eigenvalue weighted by Gasteiger charge is 2.52. The first-order valence-electron chi connectivity index (χ1n) is 9.65. The van der Waals surface area contributed by atoms with E-state index in [0.29, 0.717) is 0 Å². The highest BCUT2D eigenvalue weighted by molar-refractivity contribution is 6.19. The highest BCUT2D eigenvalue weighted by atomic mass is 16.5. The molecule has 3 heteroatoms. The van der Waals surface area contributed by atoms with E-state index in [9.17, 15) is 5.21 Å². The standard InChI is InChI=1S/C26H20N2O/c29-28-24-19-11-10-18-23(24)25(27-22-16-8-3-9-17-22)26(28,20-12-4-1-5-13-20)21-14-6-2-7-15-21/h1-19,29H/b27-25-. The first kappa shape index (κ1) is 17.4. The molecule has 0 saturated heterocycles. The molecule has 1 aliphatic heterocycles. The number of hydrogen-bond donors (Lipinski definition) is 1. The van der Waals surface area contributed by atoms with Crippen LogP contribution in [0.25, 0.3) is 0 Å². The van der Waals surface area contributed by atoms with Gasteiger partial charge in [0.2, 0.25) is 0 Å². The first-order valence-corrected chi connectivity index (χ1v) is 9.65. The predicted octanol–water partition coefficient (Wildman–Crippen LogP) is 5.96. The molecule has 0 radical (unpaired) electrons. The summed E-state index contributed by atoms with van der Waals surface area (Å²) in [7, 11) is 0. The third-order valence-corrected chi connectivity index (χ3v) is 5.43. The van der Waals surface area contributed by atoms with Gasteiger partial charge in [0, 0.05) is 5.56 Å². The minimum Gasteiger partial charge on any atom is -0.287 e. The van der Waals surface area contributed by atoms with Gasteiger partial charge >= 0.3 is 0 Å². The summed E-state index contributed by atoms with van der Waals surface area (Å²) in [6.45, 7) is 0. The van der Waals surface area contributed by atoms with E-state index < -0.39 is 5.54 Å². The Hall–Kier alpha value is -3.69. The number of hydrogen-bond acceptors (Lipinski definition) is 3. The van der Waals surface area contributed by atoms with Crippen molar-refractivity contribution in [2.75, 3.05) is 5.06 Å². The molecule has 0 aromatic heterocycles. The fourth-order valence-corrected chi connectivity index (χ4v) is 4.15. The third kappa shape index (κ3) is 2.67. The highest BCUT2D eigenvalue weighted by Crippen LogP contribution is 2.49. The summed E-state index contributed by atoms with van der Waals surface area (Å²) in [5.74, 6) is 0. The van der Waals surface area contributed by atoms with Crippen molar-refractivity contribution in [3.05, 3.63) is 132 Å². The normalized spacial score (nSPS) is 16.0. The van der Waals surface area contributed by atoms with Crippen LogP contribution in [-0.2, 0) is 5.54 Å². The minimum absolute atomic E-state index is 0.745. The average Bonchev–Trinajstić information content (AvgIpc) is 3.05. The van der Waals surface area contributed by atoms with Crippen LogP contribution in [0.4, 0.5) is 11.4 Å². The Labute approximate surface area is 170 Å². The van der Waals surface area contributed by atoms with E-state index in [1.807, 2.05) is 115 Å². The van der Waals surface area contributed by atoms with Crippen LogP contribution in [0.15, 0.2) is 120 Å². The van der Waals surface area contributed by atoms with Crippen molar-refractivity contribution in [2.24, 2.45) is 4.99 Å². The van der Waals surface area contributed by atoms with E-state index in [1.165, 1.54) is 5.06 Å². The van der Waals surface area contributed by atoms with Crippen molar-refractivity contribution in [1.82, 2.24) is 0 Å². The summed E-state index contributed by atoms with van der Waals surface area (Å²) >= 11 is 0.